The van der Waals surface area contributed by atoms with E-state index in [1.165, 1.54) is 7.11 Å². The zero-order valence-electron chi connectivity index (χ0n) is 13.6. The summed E-state index contributed by atoms with van der Waals surface area (Å²) in [6.07, 6.45) is 2.18. The minimum absolute atomic E-state index is 0.0434. The smallest absolute Gasteiger partial charge is 0.278 e. The maximum atomic E-state index is 11.8. The fourth-order valence-electron chi connectivity index (χ4n) is 1.76. The third-order valence-electron chi connectivity index (χ3n) is 2.98. The standard InChI is InChI=1S/C15H18Cl3N3O3S/c1-3-4-5-12(22)20-10-7-6-9(8-11(10)24-2)19-14(25)21-13(23)15(16,17)18/h6-8H,3-5H2,1-2H3,(H,20,22)(H2,19,21,23,25). The Morgan fingerprint density at radius 2 is 1.92 bits per heavy atom. The zero-order valence-corrected chi connectivity index (χ0v) is 16.7. The van der Waals surface area contributed by atoms with Crippen molar-refractivity contribution in [3.05, 3.63) is 18.2 Å². The van der Waals surface area contributed by atoms with Gasteiger partial charge in [-0.3, -0.25) is 14.9 Å². The van der Waals surface area contributed by atoms with E-state index in [9.17, 15) is 9.59 Å². The van der Waals surface area contributed by atoms with Crippen molar-refractivity contribution < 1.29 is 14.3 Å². The Morgan fingerprint density at radius 3 is 2.48 bits per heavy atom. The normalized spacial score (nSPS) is 10.8. The molecule has 0 saturated carbocycles. The van der Waals surface area contributed by atoms with Crippen molar-refractivity contribution >= 4 is 75.3 Å². The Kier molecular flexibility index (Phi) is 8.71. The summed E-state index contributed by atoms with van der Waals surface area (Å²) in [7, 11) is 1.48. The Balaban J connectivity index is 2.75. The summed E-state index contributed by atoms with van der Waals surface area (Å²) in [6, 6.07) is 4.93. The number of ether oxygens (including phenoxy) is 1. The molecule has 0 aliphatic heterocycles. The number of nitrogens with one attached hydrogen (secondary N) is 3. The number of halogens is 3. The van der Waals surface area contributed by atoms with Crippen molar-refractivity contribution in [2.45, 2.75) is 30.0 Å². The quantitative estimate of drug-likeness (QED) is 0.473. The highest BCUT2D eigenvalue weighted by Crippen LogP contribution is 2.29. The van der Waals surface area contributed by atoms with E-state index < -0.39 is 9.70 Å². The third kappa shape index (κ3) is 7.64. The van der Waals surface area contributed by atoms with Gasteiger partial charge in [-0.15, -0.1) is 0 Å². The molecule has 3 N–H and O–H groups in total. The fraction of sp³-hybridized carbons (Fsp3) is 0.400. The number of alkyl halides is 3. The van der Waals surface area contributed by atoms with Crippen molar-refractivity contribution in [3.63, 3.8) is 0 Å². The molecule has 0 atom stereocenters. The first-order chi connectivity index (χ1) is 11.7. The highest BCUT2D eigenvalue weighted by Gasteiger charge is 2.31. The van der Waals surface area contributed by atoms with E-state index in [1.807, 2.05) is 6.92 Å². The molecule has 138 valence electrons. The third-order valence-corrected chi connectivity index (χ3v) is 3.69. The molecular formula is C15H18Cl3N3O3S. The largest absolute Gasteiger partial charge is 0.494 e. The Bertz CT molecular complexity index is 651. The van der Waals surface area contributed by atoms with Crippen molar-refractivity contribution in [1.29, 1.82) is 0 Å². The lowest BCUT2D eigenvalue weighted by molar-refractivity contribution is -0.119. The summed E-state index contributed by atoms with van der Waals surface area (Å²) in [5.41, 5.74) is 1.06. The molecule has 0 aliphatic carbocycles. The summed E-state index contributed by atoms with van der Waals surface area (Å²) in [5.74, 6) is -0.529. The summed E-state index contributed by atoms with van der Waals surface area (Å²) in [6.45, 7) is 2.01. The lowest BCUT2D eigenvalue weighted by atomic mass is 10.2. The number of benzene rings is 1. The van der Waals surface area contributed by atoms with Gasteiger partial charge in [0.05, 0.1) is 12.8 Å². The van der Waals surface area contributed by atoms with Gasteiger partial charge in [0.2, 0.25) is 5.91 Å². The molecule has 1 aromatic rings. The SMILES string of the molecule is CCCCC(=O)Nc1ccc(NC(=S)NC(=O)C(Cl)(Cl)Cl)cc1OC. The number of methoxy groups -OCH3 is 1. The van der Waals surface area contributed by atoms with Crippen LogP contribution in [0.2, 0.25) is 0 Å². The van der Waals surface area contributed by atoms with Crippen molar-refractivity contribution in [3.8, 4) is 5.75 Å². The van der Waals surface area contributed by atoms with E-state index in [0.29, 0.717) is 23.5 Å². The van der Waals surface area contributed by atoms with Crippen molar-refractivity contribution in [2.75, 3.05) is 17.7 Å². The van der Waals surface area contributed by atoms with E-state index in [4.69, 9.17) is 51.8 Å². The number of thiocarbonyl (C=S) groups is 1. The number of anilines is 2. The van der Waals surface area contributed by atoms with E-state index in [2.05, 4.69) is 16.0 Å². The zero-order chi connectivity index (χ0) is 19.0. The van der Waals surface area contributed by atoms with E-state index in [-0.39, 0.29) is 11.0 Å². The minimum atomic E-state index is -2.12. The molecular weight excluding hydrogens is 409 g/mol. The lowest BCUT2D eigenvalue weighted by Gasteiger charge is -2.15. The van der Waals surface area contributed by atoms with Gasteiger partial charge in [-0.1, -0.05) is 48.1 Å². The topological polar surface area (TPSA) is 79.5 Å². The van der Waals surface area contributed by atoms with Gasteiger partial charge in [0.25, 0.3) is 9.70 Å². The van der Waals surface area contributed by atoms with Gasteiger partial charge in [-0.05, 0) is 30.8 Å². The Morgan fingerprint density at radius 1 is 1.24 bits per heavy atom. The second kappa shape index (κ2) is 10.0. The molecule has 0 unspecified atom stereocenters. The predicted molar refractivity (Wildman–Crippen MR) is 106 cm³/mol. The second-order valence-corrected chi connectivity index (χ2v) is 7.66. The van der Waals surface area contributed by atoms with Crippen molar-refractivity contribution in [1.82, 2.24) is 5.32 Å². The van der Waals surface area contributed by atoms with E-state index in [0.717, 1.165) is 12.8 Å². The first-order valence-electron chi connectivity index (χ1n) is 7.34. The Labute approximate surface area is 166 Å². The van der Waals surface area contributed by atoms with Gasteiger partial charge in [0, 0.05) is 18.2 Å². The highest BCUT2D eigenvalue weighted by atomic mass is 35.6. The average Bonchev–Trinajstić information content (AvgIpc) is 2.53. The first-order valence-corrected chi connectivity index (χ1v) is 8.88. The highest BCUT2D eigenvalue weighted by molar-refractivity contribution is 7.80. The van der Waals surface area contributed by atoms with Crippen molar-refractivity contribution in [2.24, 2.45) is 0 Å². The van der Waals surface area contributed by atoms with Crippen LogP contribution in [-0.4, -0.2) is 27.8 Å². The summed E-state index contributed by atoms with van der Waals surface area (Å²) in [4.78, 5) is 23.4. The van der Waals surface area contributed by atoms with E-state index >= 15 is 0 Å². The van der Waals surface area contributed by atoms with Gasteiger partial charge < -0.3 is 15.4 Å². The Hall–Kier alpha value is -1.28. The number of unbranched alkanes of at least 4 members (excludes halogenated alkanes) is 1. The number of hydrogen-bond donors (Lipinski definition) is 3. The van der Waals surface area contributed by atoms with Gasteiger partial charge in [-0.25, -0.2) is 0 Å². The molecule has 0 aliphatic rings. The van der Waals surface area contributed by atoms with Crippen LogP contribution in [0.5, 0.6) is 5.75 Å². The summed E-state index contributed by atoms with van der Waals surface area (Å²) < 4.78 is 3.14. The molecule has 1 aromatic carbocycles. The number of hydrogen-bond acceptors (Lipinski definition) is 4. The molecule has 0 saturated heterocycles. The maximum Gasteiger partial charge on any atom is 0.278 e. The first kappa shape index (κ1) is 21.8. The van der Waals surface area contributed by atoms with Gasteiger partial charge in [0.1, 0.15) is 5.75 Å². The molecule has 1 rings (SSSR count). The van der Waals surface area contributed by atoms with Crippen LogP contribution in [0.25, 0.3) is 0 Å². The average molecular weight is 427 g/mol. The molecule has 0 radical (unpaired) electrons. The number of amides is 2. The van der Waals surface area contributed by atoms with Crippen LogP contribution in [0.15, 0.2) is 18.2 Å². The van der Waals surface area contributed by atoms with Gasteiger partial charge >= 0.3 is 0 Å². The maximum absolute atomic E-state index is 11.8. The van der Waals surface area contributed by atoms with Gasteiger partial charge in [-0.2, -0.15) is 0 Å². The predicted octanol–water partition coefficient (Wildman–Crippen LogP) is 4.01. The minimum Gasteiger partial charge on any atom is -0.494 e. The van der Waals surface area contributed by atoms with E-state index in [1.54, 1.807) is 18.2 Å². The number of carbonyl (C=O) groups is 2. The summed E-state index contributed by atoms with van der Waals surface area (Å²) >= 11 is 21.3. The lowest BCUT2D eigenvalue weighted by Crippen LogP contribution is -2.41. The van der Waals surface area contributed by atoms with Crippen LogP contribution in [0.1, 0.15) is 26.2 Å². The monoisotopic (exact) mass is 425 g/mol. The molecule has 0 heterocycles. The number of carbonyl (C=O) groups excluding carboxylic acids is 2. The van der Waals surface area contributed by atoms with Crippen LogP contribution in [-0.2, 0) is 9.59 Å². The molecule has 0 aromatic heterocycles. The van der Waals surface area contributed by atoms with Crippen LogP contribution < -0.4 is 20.7 Å². The second-order valence-electron chi connectivity index (χ2n) is 4.97. The molecule has 0 bridgehead atoms. The molecule has 0 spiro atoms. The molecule has 25 heavy (non-hydrogen) atoms. The van der Waals surface area contributed by atoms with Crippen LogP contribution in [0, 0.1) is 0 Å². The number of rotatable bonds is 6. The molecule has 0 fully saturated rings. The van der Waals surface area contributed by atoms with Crippen LogP contribution >= 0.6 is 47.0 Å². The fourth-order valence-corrected chi connectivity index (χ4v) is 2.11. The molecule has 2 amide bonds. The van der Waals surface area contributed by atoms with Crippen LogP contribution in [0.3, 0.4) is 0 Å². The molecule has 10 heteroatoms. The van der Waals surface area contributed by atoms with Crippen LogP contribution in [0.4, 0.5) is 11.4 Å². The van der Waals surface area contributed by atoms with Gasteiger partial charge in [0.15, 0.2) is 5.11 Å². The molecule has 6 nitrogen and oxygen atoms in total. The summed E-state index contributed by atoms with van der Waals surface area (Å²) in [5, 5.41) is 7.76.